The third kappa shape index (κ3) is 1.68. The zero-order chi connectivity index (χ0) is 11.0. The highest BCUT2D eigenvalue weighted by Crippen LogP contribution is 2.31. The van der Waals surface area contributed by atoms with Gasteiger partial charge >= 0.3 is 0 Å². The summed E-state index contributed by atoms with van der Waals surface area (Å²) >= 11 is 0. The van der Waals surface area contributed by atoms with Crippen LogP contribution in [0.15, 0.2) is 42.5 Å². The van der Waals surface area contributed by atoms with Crippen molar-refractivity contribution in [2.24, 2.45) is 0 Å². The number of fused-ring (bicyclic) bond motifs is 2. The summed E-state index contributed by atoms with van der Waals surface area (Å²) in [7, 11) is 0. The van der Waals surface area contributed by atoms with E-state index in [1.807, 2.05) is 0 Å². The molecule has 3 rings (SSSR count). The molecule has 84 valence electrons. The number of piperazine rings is 1. The van der Waals surface area contributed by atoms with Crippen molar-refractivity contribution in [3.05, 3.63) is 48.0 Å². The minimum Gasteiger partial charge on any atom is -0.313 e. The van der Waals surface area contributed by atoms with Crippen LogP contribution in [0.2, 0.25) is 0 Å². The van der Waals surface area contributed by atoms with Crippen molar-refractivity contribution in [3.63, 3.8) is 0 Å². The van der Waals surface area contributed by atoms with Crippen molar-refractivity contribution in [1.82, 2.24) is 10.2 Å². The Kier molecular flexibility index (Phi) is 2.54. The largest absolute Gasteiger partial charge is 0.313 e. The van der Waals surface area contributed by atoms with Crippen LogP contribution in [0.1, 0.15) is 12.0 Å². The molecular weight excluding hydrogens is 196 g/mol. The first kappa shape index (κ1) is 10.1. The molecule has 0 saturated carbocycles. The third-order valence-electron chi connectivity index (χ3n) is 3.76. The highest BCUT2D eigenvalue weighted by atomic mass is 15.3. The topological polar surface area (TPSA) is 15.3 Å². The molecule has 0 amide bonds. The van der Waals surface area contributed by atoms with Crippen molar-refractivity contribution in [2.45, 2.75) is 25.0 Å². The quantitative estimate of drug-likeness (QED) is 0.755. The molecule has 0 aromatic heterocycles. The maximum atomic E-state index is 4.21. The van der Waals surface area contributed by atoms with Crippen LogP contribution in [0.3, 0.4) is 0 Å². The van der Waals surface area contributed by atoms with E-state index in [-0.39, 0.29) is 0 Å². The van der Waals surface area contributed by atoms with Crippen molar-refractivity contribution in [3.8, 4) is 0 Å². The maximum Gasteiger partial charge on any atom is 0.0437 e. The van der Waals surface area contributed by atoms with Crippen molar-refractivity contribution in [2.75, 3.05) is 13.1 Å². The Labute approximate surface area is 97.0 Å². The predicted molar refractivity (Wildman–Crippen MR) is 66.2 cm³/mol. The van der Waals surface area contributed by atoms with Gasteiger partial charge in [0, 0.05) is 31.7 Å². The average molecular weight is 214 g/mol. The Hall–Kier alpha value is -1.12. The van der Waals surface area contributed by atoms with E-state index in [9.17, 15) is 0 Å². The molecule has 2 fully saturated rings. The minimum absolute atomic E-state index is 0.555. The Morgan fingerprint density at radius 2 is 2.06 bits per heavy atom. The standard InChI is InChI=1S/C14H18N2/c1-11-7-13-8-15-9-14(11)16(13)10-12-5-3-2-4-6-12/h2-6,13-15H,1,7-10H2. The molecule has 2 aliphatic heterocycles. The van der Waals surface area contributed by atoms with Gasteiger partial charge in [-0.25, -0.2) is 0 Å². The molecule has 1 aromatic rings. The van der Waals surface area contributed by atoms with Gasteiger partial charge in [-0.3, -0.25) is 4.90 Å². The summed E-state index contributed by atoms with van der Waals surface area (Å²) in [5, 5.41) is 3.49. The normalized spacial score (nSPS) is 29.6. The number of nitrogens with zero attached hydrogens (tertiary/aromatic N) is 1. The van der Waals surface area contributed by atoms with Crippen molar-refractivity contribution >= 4 is 0 Å². The van der Waals surface area contributed by atoms with Gasteiger partial charge in [0.2, 0.25) is 0 Å². The second kappa shape index (κ2) is 4.04. The molecule has 2 bridgehead atoms. The zero-order valence-corrected chi connectivity index (χ0v) is 9.52. The number of hydrogen-bond donors (Lipinski definition) is 1. The fourth-order valence-corrected chi connectivity index (χ4v) is 2.92. The van der Waals surface area contributed by atoms with Crippen LogP contribution in [0.4, 0.5) is 0 Å². The van der Waals surface area contributed by atoms with Crippen molar-refractivity contribution < 1.29 is 0 Å². The molecule has 2 aliphatic rings. The first-order chi connectivity index (χ1) is 7.84. The summed E-state index contributed by atoms with van der Waals surface area (Å²) in [6, 6.07) is 12.0. The average Bonchev–Trinajstić information content (AvgIpc) is 2.49. The summed E-state index contributed by atoms with van der Waals surface area (Å²) in [6.45, 7) is 7.46. The number of hydrogen-bond acceptors (Lipinski definition) is 2. The molecule has 0 aliphatic carbocycles. The predicted octanol–water partition coefficient (Wildman–Crippen LogP) is 1.79. The zero-order valence-electron chi connectivity index (χ0n) is 9.52. The second-order valence-corrected chi connectivity index (χ2v) is 4.85. The van der Waals surface area contributed by atoms with Crippen LogP contribution in [-0.2, 0) is 6.54 Å². The number of benzene rings is 1. The van der Waals surface area contributed by atoms with Gasteiger partial charge in [-0.2, -0.15) is 0 Å². The monoisotopic (exact) mass is 214 g/mol. The Bertz CT molecular complexity index is 385. The first-order valence-electron chi connectivity index (χ1n) is 6.02. The summed E-state index contributed by atoms with van der Waals surface area (Å²) in [6.07, 6.45) is 1.17. The maximum absolute atomic E-state index is 4.21. The first-order valence-corrected chi connectivity index (χ1v) is 6.02. The van der Waals surface area contributed by atoms with E-state index in [0.717, 1.165) is 19.6 Å². The molecule has 2 saturated heterocycles. The van der Waals surface area contributed by atoms with Gasteiger partial charge in [-0.15, -0.1) is 0 Å². The second-order valence-electron chi connectivity index (χ2n) is 4.85. The summed E-state index contributed by atoms with van der Waals surface area (Å²) < 4.78 is 0. The van der Waals surface area contributed by atoms with E-state index < -0.39 is 0 Å². The van der Waals surface area contributed by atoms with Crippen LogP contribution >= 0.6 is 0 Å². The summed E-state index contributed by atoms with van der Waals surface area (Å²) in [4.78, 5) is 2.61. The van der Waals surface area contributed by atoms with Gasteiger partial charge in [-0.05, 0) is 12.0 Å². The number of rotatable bonds is 2. The Balaban J connectivity index is 1.78. The fraction of sp³-hybridized carbons (Fsp3) is 0.429. The highest BCUT2D eigenvalue weighted by molar-refractivity contribution is 5.22. The Morgan fingerprint density at radius 1 is 1.25 bits per heavy atom. The molecule has 0 radical (unpaired) electrons. The van der Waals surface area contributed by atoms with Gasteiger partial charge in [0.15, 0.2) is 0 Å². The van der Waals surface area contributed by atoms with E-state index >= 15 is 0 Å². The summed E-state index contributed by atoms with van der Waals surface area (Å²) in [5.74, 6) is 0. The van der Waals surface area contributed by atoms with Crippen LogP contribution in [-0.4, -0.2) is 30.1 Å². The molecule has 1 N–H and O–H groups in total. The lowest BCUT2D eigenvalue weighted by molar-refractivity contribution is 0.152. The lowest BCUT2D eigenvalue weighted by Crippen LogP contribution is -2.51. The lowest BCUT2D eigenvalue weighted by Gasteiger charge is -2.35. The smallest absolute Gasteiger partial charge is 0.0437 e. The van der Waals surface area contributed by atoms with Crippen molar-refractivity contribution in [1.29, 1.82) is 0 Å². The molecule has 2 heterocycles. The van der Waals surface area contributed by atoms with Gasteiger partial charge in [0.25, 0.3) is 0 Å². The third-order valence-corrected chi connectivity index (χ3v) is 3.76. The molecule has 2 unspecified atom stereocenters. The van der Waals surface area contributed by atoms with Gasteiger partial charge < -0.3 is 5.32 Å². The Morgan fingerprint density at radius 3 is 2.81 bits per heavy atom. The lowest BCUT2D eigenvalue weighted by atomic mass is 10.1. The van der Waals surface area contributed by atoms with Gasteiger partial charge in [0.05, 0.1) is 0 Å². The van der Waals surface area contributed by atoms with Gasteiger partial charge in [0.1, 0.15) is 0 Å². The fourth-order valence-electron chi connectivity index (χ4n) is 2.92. The van der Waals surface area contributed by atoms with E-state index in [2.05, 4.69) is 47.1 Å². The van der Waals surface area contributed by atoms with Gasteiger partial charge in [-0.1, -0.05) is 42.5 Å². The molecule has 1 aromatic carbocycles. The molecule has 16 heavy (non-hydrogen) atoms. The summed E-state index contributed by atoms with van der Waals surface area (Å²) in [5.41, 5.74) is 2.82. The van der Waals surface area contributed by atoms with Crippen LogP contribution in [0.25, 0.3) is 0 Å². The molecular formula is C14H18N2. The molecule has 2 heteroatoms. The van der Waals surface area contributed by atoms with Crippen LogP contribution < -0.4 is 5.32 Å². The van der Waals surface area contributed by atoms with E-state index in [1.165, 1.54) is 17.6 Å². The van der Waals surface area contributed by atoms with E-state index in [0.29, 0.717) is 12.1 Å². The number of nitrogens with one attached hydrogen (secondary N) is 1. The SMILES string of the molecule is C=C1CC2CNCC1N2Cc1ccccc1. The highest BCUT2D eigenvalue weighted by Gasteiger charge is 2.38. The van der Waals surface area contributed by atoms with E-state index in [1.54, 1.807) is 0 Å². The van der Waals surface area contributed by atoms with E-state index in [4.69, 9.17) is 0 Å². The minimum atomic E-state index is 0.555. The van der Waals surface area contributed by atoms with Crippen LogP contribution in [0.5, 0.6) is 0 Å². The molecule has 0 spiro atoms. The molecule has 2 nitrogen and oxygen atoms in total. The van der Waals surface area contributed by atoms with Crippen LogP contribution in [0, 0.1) is 0 Å². The molecule has 2 atom stereocenters.